The highest BCUT2D eigenvalue weighted by molar-refractivity contribution is 7.18. The van der Waals surface area contributed by atoms with Gasteiger partial charge >= 0.3 is 0 Å². The van der Waals surface area contributed by atoms with Crippen LogP contribution in [0.5, 0.6) is 0 Å². The number of hydrogen-bond acceptors (Lipinski definition) is 4. The van der Waals surface area contributed by atoms with Gasteiger partial charge in [-0.15, -0.1) is 11.3 Å². The van der Waals surface area contributed by atoms with Crippen molar-refractivity contribution < 1.29 is 9.53 Å². The Morgan fingerprint density at radius 1 is 1.29 bits per heavy atom. The van der Waals surface area contributed by atoms with Gasteiger partial charge in [0.15, 0.2) is 0 Å². The Balaban J connectivity index is 1.43. The third-order valence-electron chi connectivity index (χ3n) is 3.77. The molecule has 0 radical (unpaired) electrons. The van der Waals surface area contributed by atoms with E-state index in [1.165, 1.54) is 19.3 Å². The van der Waals surface area contributed by atoms with Gasteiger partial charge in [-0.05, 0) is 25.0 Å². The van der Waals surface area contributed by atoms with E-state index in [4.69, 9.17) is 4.74 Å². The SMILES string of the molecule is O=C(COCc1nc2ccccc2s1)NC1CCCCC1. The highest BCUT2D eigenvalue weighted by atomic mass is 32.1. The summed E-state index contributed by atoms with van der Waals surface area (Å²) in [7, 11) is 0. The molecule has 2 aromatic rings. The zero-order chi connectivity index (χ0) is 14.5. The summed E-state index contributed by atoms with van der Waals surface area (Å²) in [6.07, 6.45) is 5.93. The number of ether oxygens (including phenoxy) is 1. The van der Waals surface area contributed by atoms with Gasteiger partial charge in [0.05, 0.1) is 16.8 Å². The van der Waals surface area contributed by atoms with Crippen LogP contribution in [-0.2, 0) is 16.1 Å². The van der Waals surface area contributed by atoms with Crippen LogP contribution in [0.1, 0.15) is 37.1 Å². The maximum Gasteiger partial charge on any atom is 0.246 e. The van der Waals surface area contributed by atoms with E-state index in [1.807, 2.05) is 24.3 Å². The smallest absolute Gasteiger partial charge is 0.246 e. The lowest BCUT2D eigenvalue weighted by atomic mass is 9.95. The molecule has 5 heteroatoms. The third-order valence-corrected chi connectivity index (χ3v) is 4.78. The van der Waals surface area contributed by atoms with Gasteiger partial charge in [0.2, 0.25) is 5.91 Å². The minimum Gasteiger partial charge on any atom is -0.364 e. The van der Waals surface area contributed by atoms with E-state index < -0.39 is 0 Å². The summed E-state index contributed by atoms with van der Waals surface area (Å²) in [5.74, 6) is -0.0111. The first-order valence-corrected chi connectivity index (χ1v) is 8.34. The number of fused-ring (bicyclic) bond motifs is 1. The van der Waals surface area contributed by atoms with E-state index in [2.05, 4.69) is 10.3 Å². The molecule has 1 aliphatic carbocycles. The number of rotatable bonds is 5. The number of nitrogens with one attached hydrogen (secondary N) is 1. The Labute approximate surface area is 128 Å². The topological polar surface area (TPSA) is 51.2 Å². The molecule has 0 bridgehead atoms. The minimum atomic E-state index is -0.0111. The van der Waals surface area contributed by atoms with Gasteiger partial charge in [0.25, 0.3) is 0 Å². The molecule has 1 heterocycles. The number of aromatic nitrogens is 1. The zero-order valence-corrected chi connectivity index (χ0v) is 12.8. The van der Waals surface area contributed by atoms with Gasteiger partial charge in [-0.3, -0.25) is 4.79 Å². The minimum absolute atomic E-state index is 0.0111. The van der Waals surface area contributed by atoms with E-state index >= 15 is 0 Å². The van der Waals surface area contributed by atoms with Crippen molar-refractivity contribution in [2.75, 3.05) is 6.61 Å². The van der Waals surface area contributed by atoms with E-state index in [9.17, 15) is 4.79 Å². The largest absolute Gasteiger partial charge is 0.364 e. The Hall–Kier alpha value is -1.46. The summed E-state index contributed by atoms with van der Waals surface area (Å²) in [6, 6.07) is 8.36. The van der Waals surface area contributed by atoms with Crippen LogP contribution in [-0.4, -0.2) is 23.5 Å². The fraction of sp³-hybridized carbons (Fsp3) is 0.500. The molecule has 0 saturated heterocycles. The summed E-state index contributed by atoms with van der Waals surface area (Å²) < 4.78 is 6.64. The first kappa shape index (κ1) is 14.5. The molecule has 0 spiro atoms. The van der Waals surface area contributed by atoms with Gasteiger partial charge in [0.1, 0.15) is 11.6 Å². The lowest BCUT2D eigenvalue weighted by Crippen LogP contribution is -2.38. The van der Waals surface area contributed by atoms with Crippen molar-refractivity contribution in [3.63, 3.8) is 0 Å². The molecule has 1 aromatic heterocycles. The molecule has 1 N–H and O–H groups in total. The fourth-order valence-electron chi connectivity index (χ4n) is 2.73. The van der Waals surface area contributed by atoms with Crippen molar-refractivity contribution in [3.05, 3.63) is 29.3 Å². The molecule has 1 aromatic carbocycles. The maximum absolute atomic E-state index is 11.8. The van der Waals surface area contributed by atoms with Gasteiger partial charge in [-0.2, -0.15) is 0 Å². The van der Waals surface area contributed by atoms with Crippen LogP contribution in [0.15, 0.2) is 24.3 Å². The molecule has 1 saturated carbocycles. The summed E-state index contributed by atoms with van der Waals surface area (Å²) in [5.41, 5.74) is 0.993. The second kappa shape index (κ2) is 7.00. The van der Waals surface area contributed by atoms with Crippen molar-refractivity contribution >= 4 is 27.5 Å². The standard InChI is InChI=1S/C16H20N2O2S/c19-15(17-12-6-2-1-3-7-12)10-20-11-16-18-13-8-4-5-9-14(13)21-16/h4-5,8-9,12H,1-3,6-7,10-11H2,(H,17,19). The first-order chi connectivity index (χ1) is 10.3. The lowest BCUT2D eigenvalue weighted by Gasteiger charge is -2.22. The number of hydrogen-bond donors (Lipinski definition) is 1. The number of nitrogens with zero attached hydrogens (tertiary/aromatic N) is 1. The van der Waals surface area contributed by atoms with Gasteiger partial charge in [-0.1, -0.05) is 31.4 Å². The number of benzene rings is 1. The summed E-state index contributed by atoms with van der Waals surface area (Å²) >= 11 is 1.62. The van der Waals surface area contributed by atoms with Crippen LogP contribution in [0.4, 0.5) is 0 Å². The normalized spacial score (nSPS) is 16.2. The molecule has 112 valence electrons. The predicted molar refractivity (Wildman–Crippen MR) is 84.3 cm³/mol. The molecule has 0 aliphatic heterocycles. The van der Waals surface area contributed by atoms with Crippen LogP contribution >= 0.6 is 11.3 Å². The van der Waals surface area contributed by atoms with Crippen molar-refractivity contribution in [3.8, 4) is 0 Å². The van der Waals surface area contributed by atoms with Gasteiger partial charge < -0.3 is 10.1 Å². The van der Waals surface area contributed by atoms with Crippen molar-refractivity contribution in [2.24, 2.45) is 0 Å². The number of para-hydroxylation sites is 1. The highest BCUT2D eigenvalue weighted by Crippen LogP contribution is 2.22. The van der Waals surface area contributed by atoms with E-state index in [1.54, 1.807) is 11.3 Å². The zero-order valence-electron chi connectivity index (χ0n) is 12.0. The Morgan fingerprint density at radius 2 is 2.10 bits per heavy atom. The third kappa shape index (κ3) is 4.02. The Bertz CT molecular complexity index is 572. The van der Waals surface area contributed by atoms with Gasteiger partial charge in [0, 0.05) is 6.04 Å². The van der Waals surface area contributed by atoms with Gasteiger partial charge in [-0.25, -0.2) is 4.98 Å². The van der Waals surface area contributed by atoms with E-state index in [0.717, 1.165) is 28.1 Å². The van der Waals surface area contributed by atoms with Crippen molar-refractivity contribution in [1.29, 1.82) is 0 Å². The van der Waals surface area contributed by atoms with Crippen LogP contribution in [0, 0.1) is 0 Å². The molecule has 3 rings (SSSR count). The molecule has 0 unspecified atom stereocenters. The lowest BCUT2D eigenvalue weighted by molar-refractivity contribution is -0.127. The molecule has 4 nitrogen and oxygen atoms in total. The van der Waals surface area contributed by atoms with Crippen molar-refractivity contribution in [2.45, 2.75) is 44.8 Å². The predicted octanol–water partition coefficient (Wildman–Crippen LogP) is 3.26. The van der Waals surface area contributed by atoms with Crippen LogP contribution < -0.4 is 5.32 Å². The average molecular weight is 304 g/mol. The fourth-order valence-corrected chi connectivity index (χ4v) is 3.63. The second-order valence-corrected chi connectivity index (χ2v) is 6.59. The van der Waals surface area contributed by atoms with E-state index in [0.29, 0.717) is 12.6 Å². The van der Waals surface area contributed by atoms with E-state index in [-0.39, 0.29) is 12.5 Å². The second-order valence-electron chi connectivity index (χ2n) is 5.47. The summed E-state index contributed by atoms with van der Waals surface area (Å²) in [5, 5.41) is 3.97. The monoisotopic (exact) mass is 304 g/mol. The number of thiazole rings is 1. The number of carbonyl (C=O) groups excluding carboxylic acids is 1. The number of carbonyl (C=O) groups is 1. The molecule has 0 atom stereocenters. The highest BCUT2D eigenvalue weighted by Gasteiger charge is 2.15. The maximum atomic E-state index is 11.8. The molecule has 21 heavy (non-hydrogen) atoms. The van der Waals surface area contributed by atoms with Crippen molar-refractivity contribution in [1.82, 2.24) is 10.3 Å². The number of amides is 1. The van der Waals surface area contributed by atoms with Crippen LogP contribution in [0.25, 0.3) is 10.2 Å². The van der Waals surface area contributed by atoms with Crippen LogP contribution in [0.3, 0.4) is 0 Å². The molecular formula is C16H20N2O2S. The average Bonchev–Trinajstić information content (AvgIpc) is 2.91. The quantitative estimate of drug-likeness (QED) is 0.922. The Kier molecular flexibility index (Phi) is 4.83. The first-order valence-electron chi connectivity index (χ1n) is 7.53. The molecule has 1 amide bonds. The summed E-state index contributed by atoms with van der Waals surface area (Å²) in [6.45, 7) is 0.518. The summed E-state index contributed by atoms with van der Waals surface area (Å²) in [4.78, 5) is 16.3. The molecular weight excluding hydrogens is 284 g/mol. The van der Waals surface area contributed by atoms with Crippen LogP contribution in [0.2, 0.25) is 0 Å². The molecule has 1 fully saturated rings. The molecule has 1 aliphatic rings. The Morgan fingerprint density at radius 3 is 2.90 bits per heavy atom.